The highest BCUT2D eigenvalue weighted by Crippen LogP contribution is 2.20. The summed E-state index contributed by atoms with van der Waals surface area (Å²) in [7, 11) is 0. The third-order valence-corrected chi connectivity index (χ3v) is 4.77. The Labute approximate surface area is 155 Å². The van der Waals surface area contributed by atoms with Crippen molar-refractivity contribution in [2.45, 2.75) is 6.10 Å². The molecule has 1 fully saturated rings. The smallest absolute Gasteiger partial charge is 0.146 e. The molecule has 1 N–H and O–H groups in total. The van der Waals surface area contributed by atoms with E-state index in [1.807, 2.05) is 36.4 Å². The van der Waals surface area contributed by atoms with Crippen molar-refractivity contribution in [3.8, 4) is 5.75 Å². The highest BCUT2D eigenvalue weighted by molar-refractivity contribution is 9.10. The Bertz CT molecular complexity index is 693. The molecule has 6 heteroatoms. The van der Waals surface area contributed by atoms with E-state index in [0.29, 0.717) is 12.2 Å². The predicted octanol–water partition coefficient (Wildman–Crippen LogP) is 3.15. The molecule has 4 nitrogen and oxygen atoms in total. The fourth-order valence-corrected chi connectivity index (χ4v) is 3.36. The van der Waals surface area contributed by atoms with E-state index < -0.39 is 6.10 Å². The molecule has 2 aromatic carbocycles. The first-order valence-corrected chi connectivity index (χ1v) is 9.19. The second-order valence-corrected chi connectivity index (χ2v) is 7.08. The summed E-state index contributed by atoms with van der Waals surface area (Å²) in [5.41, 5.74) is 0.653. The quantitative estimate of drug-likeness (QED) is 0.796. The van der Waals surface area contributed by atoms with Crippen molar-refractivity contribution in [3.63, 3.8) is 0 Å². The number of para-hydroxylation sites is 1. The highest BCUT2D eigenvalue weighted by Gasteiger charge is 2.21. The zero-order valence-corrected chi connectivity index (χ0v) is 15.5. The van der Waals surface area contributed by atoms with Gasteiger partial charge in [-0.1, -0.05) is 34.1 Å². The molecule has 1 aliphatic rings. The predicted molar refractivity (Wildman–Crippen MR) is 101 cm³/mol. The van der Waals surface area contributed by atoms with Crippen molar-refractivity contribution in [2.75, 3.05) is 44.2 Å². The lowest BCUT2D eigenvalue weighted by molar-refractivity contribution is 0.0662. The van der Waals surface area contributed by atoms with Gasteiger partial charge in [-0.15, -0.1) is 0 Å². The summed E-state index contributed by atoms with van der Waals surface area (Å²) in [6, 6.07) is 14.4. The maximum atomic E-state index is 13.9. The molecule has 1 atom stereocenters. The lowest BCUT2D eigenvalue weighted by Gasteiger charge is -2.36. The Balaban J connectivity index is 1.43. The number of hydrogen-bond acceptors (Lipinski definition) is 4. The largest absolute Gasteiger partial charge is 0.491 e. The van der Waals surface area contributed by atoms with Crippen LogP contribution in [0.4, 0.5) is 10.1 Å². The van der Waals surface area contributed by atoms with Gasteiger partial charge >= 0.3 is 0 Å². The first-order chi connectivity index (χ1) is 12.1. The van der Waals surface area contributed by atoms with E-state index in [0.717, 1.165) is 36.4 Å². The molecule has 2 aromatic rings. The van der Waals surface area contributed by atoms with Crippen LogP contribution in [0.2, 0.25) is 0 Å². The van der Waals surface area contributed by atoms with Gasteiger partial charge in [0, 0.05) is 37.2 Å². The molecule has 1 aliphatic heterocycles. The summed E-state index contributed by atoms with van der Waals surface area (Å²) in [5, 5.41) is 10.2. The van der Waals surface area contributed by atoms with Crippen molar-refractivity contribution >= 4 is 21.6 Å². The number of anilines is 1. The zero-order valence-electron chi connectivity index (χ0n) is 13.9. The van der Waals surface area contributed by atoms with Crippen LogP contribution in [0.1, 0.15) is 0 Å². The second-order valence-electron chi connectivity index (χ2n) is 6.16. The van der Waals surface area contributed by atoms with Crippen LogP contribution in [-0.2, 0) is 0 Å². The minimum atomic E-state index is -0.556. The van der Waals surface area contributed by atoms with Gasteiger partial charge in [0.25, 0.3) is 0 Å². The van der Waals surface area contributed by atoms with Gasteiger partial charge in [0.15, 0.2) is 0 Å². The van der Waals surface area contributed by atoms with Crippen LogP contribution >= 0.6 is 15.9 Å². The van der Waals surface area contributed by atoms with Crippen LogP contribution in [0, 0.1) is 5.82 Å². The third kappa shape index (κ3) is 5.17. The molecule has 134 valence electrons. The lowest BCUT2D eigenvalue weighted by atomic mass is 10.2. The van der Waals surface area contributed by atoms with Crippen molar-refractivity contribution in [2.24, 2.45) is 0 Å². The third-order valence-electron chi connectivity index (χ3n) is 4.27. The van der Waals surface area contributed by atoms with Gasteiger partial charge in [0.05, 0.1) is 5.69 Å². The van der Waals surface area contributed by atoms with Crippen LogP contribution < -0.4 is 9.64 Å². The average Bonchev–Trinajstić information content (AvgIpc) is 2.61. The van der Waals surface area contributed by atoms with E-state index in [-0.39, 0.29) is 12.4 Å². The Morgan fingerprint density at radius 1 is 1.08 bits per heavy atom. The molecular formula is C19H22BrFN2O2. The van der Waals surface area contributed by atoms with Gasteiger partial charge in [0.2, 0.25) is 0 Å². The molecule has 0 saturated carbocycles. The van der Waals surface area contributed by atoms with Gasteiger partial charge in [0.1, 0.15) is 24.3 Å². The number of rotatable bonds is 6. The zero-order chi connectivity index (χ0) is 17.6. The van der Waals surface area contributed by atoms with Crippen LogP contribution in [0.15, 0.2) is 53.0 Å². The number of β-amino-alcohol motifs (C(OH)–C–C–N with tert-alkyl or cyclic N) is 1. The van der Waals surface area contributed by atoms with E-state index in [1.165, 1.54) is 6.07 Å². The summed E-state index contributed by atoms with van der Waals surface area (Å²) >= 11 is 3.40. The second kappa shape index (κ2) is 8.65. The molecule has 0 unspecified atom stereocenters. The van der Waals surface area contributed by atoms with Crippen molar-refractivity contribution in [1.29, 1.82) is 0 Å². The van der Waals surface area contributed by atoms with Gasteiger partial charge < -0.3 is 14.7 Å². The average molecular weight is 409 g/mol. The monoisotopic (exact) mass is 408 g/mol. The normalized spacial score (nSPS) is 16.7. The first-order valence-electron chi connectivity index (χ1n) is 8.40. The summed E-state index contributed by atoms with van der Waals surface area (Å²) in [6.07, 6.45) is -0.556. The van der Waals surface area contributed by atoms with Gasteiger partial charge in [-0.2, -0.15) is 0 Å². The van der Waals surface area contributed by atoms with Crippen molar-refractivity contribution in [3.05, 3.63) is 58.8 Å². The number of aliphatic hydroxyl groups excluding tert-OH is 1. The lowest BCUT2D eigenvalue weighted by Crippen LogP contribution is -2.49. The number of aliphatic hydroxyl groups is 1. The number of hydrogen-bond donors (Lipinski definition) is 1. The molecule has 0 amide bonds. The minimum absolute atomic E-state index is 0.182. The fraction of sp³-hybridized carbons (Fsp3) is 0.368. The van der Waals surface area contributed by atoms with Crippen LogP contribution in [0.3, 0.4) is 0 Å². The van der Waals surface area contributed by atoms with Gasteiger partial charge in [-0.25, -0.2) is 4.39 Å². The van der Waals surface area contributed by atoms with Gasteiger partial charge in [-0.05, 0) is 30.3 Å². The fourth-order valence-electron chi connectivity index (χ4n) is 2.98. The standard InChI is InChI=1S/C19H22BrFN2O2/c20-15-4-3-5-17(12-15)25-14-16(24)13-22-8-10-23(11-9-22)19-7-2-1-6-18(19)21/h1-7,12,16,24H,8-11,13-14H2/t16-/m1/s1. The minimum Gasteiger partial charge on any atom is -0.491 e. The Kier molecular flexibility index (Phi) is 6.29. The van der Waals surface area contributed by atoms with Crippen molar-refractivity contribution < 1.29 is 14.2 Å². The van der Waals surface area contributed by atoms with Crippen molar-refractivity contribution in [1.82, 2.24) is 4.90 Å². The molecule has 25 heavy (non-hydrogen) atoms. The van der Waals surface area contributed by atoms with E-state index in [1.54, 1.807) is 6.07 Å². The molecule has 0 radical (unpaired) electrons. The summed E-state index contributed by atoms with van der Waals surface area (Å²) in [5.74, 6) is 0.552. The summed E-state index contributed by atoms with van der Waals surface area (Å²) in [4.78, 5) is 4.24. The molecule has 3 rings (SSSR count). The molecule has 0 spiro atoms. The van der Waals surface area contributed by atoms with E-state index >= 15 is 0 Å². The molecule has 1 saturated heterocycles. The first kappa shape index (κ1) is 18.2. The summed E-state index contributed by atoms with van der Waals surface area (Å²) < 4.78 is 20.4. The topological polar surface area (TPSA) is 35.9 Å². The molecule has 0 bridgehead atoms. The van der Waals surface area contributed by atoms with Crippen LogP contribution in [0.5, 0.6) is 5.75 Å². The van der Waals surface area contributed by atoms with Crippen LogP contribution in [0.25, 0.3) is 0 Å². The van der Waals surface area contributed by atoms with E-state index in [4.69, 9.17) is 4.74 Å². The number of halogens is 2. The van der Waals surface area contributed by atoms with Gasteiger partial charge in [-0.3, -0.25) is 4.90 Å². The molecule has 1 heterocycles. The number of piperazine rings is 1. The molecule has 0 aliphatic carbocycles. The maximum Gasteiger partial charge on any atom is 0.146 e. The Morgan fingerprint density at radius 2 is 1.84 bits per heavy atom. The SMILES string of the molecule is O[C@@H](COc1cccc(Br)c1)CN1CCN(c2ccccc2F)CC1. The van der Waals surface area contributed by atoms with E-state index in [2.05, 4.69) is 25.7 Å². The maximum absolute atomic E-state index is 13.9. The van der Waals surface area contributed by atoms with E-state index in [9.17, 15) is 9.50 Å². The highest BCUT2D eigenvalue weighted by atomic mass is 79.9. The number of nitrogens with zero attached hydrogens (tertiary/aromatic N) is 2. The Morgan fingerprint density at radius 3 is 2.56 bits per heavy atom. The molecular weight excluding hydrogens is 387 g/mol. The number of benzene rings is 2. The molecule has 0 aromatic heterocycles. The Hall–Kier alpha value is -1.63. The number of ether oxygens (including phenoxy) is 1. The summed E-state index contributed by atoms with van der Waals surface area (Å²) in [6.45, 7) is 3.90. The van der Waals surface area contributed by atoms with Crippen LogP contribution in [-0.4, -0.2) is 55.4 Å².